The van der Waals surface area contributed by atoms with Gasteiger partial charge in [-0.3, -0.25) is 4.68 Å². The number of hydrogen-bond donors (Lipinski definition) is 2. The maximum Gasteiger partial charge on any atom is 0.416 e. The summed E-state index contributed by atoms with van der Waals surface area (Å²) in [7, 11) is 0. The molecule has 0 bridgehead atoms. The van der Waals surface area contributed by atoms with Crippen molar-refractivity contribution in [2.75, 3.05) is 5.32 Å². The third-order valence-electron chi connectivity index (χ3n) is 3.70. The molecule has 130 valence electrons. The quantitative estimate of drug-likeness (QED) is 0.880. The van der Waals surface area contributed by atoms with Gasteiger partial charge < -0.3 is 10.6 Å². The Hall–Kier alpha value is -2.51. The van der Waals surface area contributed by atoms with Gasteiger partial charge in [0.15, 0.2) is 0 Å². The lowest BCUT2D eigenvalue weighted by Crippen LogP contribution is -2.31. The number of aryl methyl sites for hydroxylation is 1. The first-order valence-corrected chi connectivity index (χ1v) is 7.49. The number of nitrogens with one attached hydrogen (secondary N) is 2. The Morgan fingerprint density at radius 1 is 1.38 bits per heavy atom. The fourth-order valence-electron chi connectivity index (χ4n) is 2.42. The molecule has 0 saturated carbocycles. The van der Waals surface area contributed by atoms with Crippen LogP contribution in [0.1, 0.15) is 36.7 Å². The highest BCUT2D eigenvalue weighted by molar-refractivity contribution is 5.89. The van der Waals surface area contributed by atoms with Gasteiger partial charge in [0.05, 0.1) is 17.8 Å². The number of amides is 2. The third-order valence-corrected chi connectivity index (χ3v) is 3.70. The highest BCUT2D eigenvalue weighted by Crippen LogP contribution is 2.30. The van der Waals surface area contributed by atoms with Crippen molar-refractivity contribution in [1.29, 1.82) is 0 Å². The number of urea groups is 1. The van der Waals surface area contributed by atoms with E-state index in [-0.39, 0.29) is 11.7 Å². The number of carbonyl (C=O) groups excluding carboxylic acids is 1. The van der Waals surface area contributed by atoms with E-state index in [0.717, 1.165) is 29.9 Å². The number of aromatic nitrogens is 2. The van der Waals surface area contributed by atoms with Crippen LogP contribution in [0.15, 0.2) is 30.5 Å². The van der Waals surface area contributed by atoms with Gasteiger partial charge in [-0.1, -0.05) is 6.07 Å². The van der Waals surface area contributed by atoms with Gasteiger partial charge in [0.2, 0.25) is 0 Å². The van der Waals surface area contributed by atoms with Gasteiger partial charge in [-0.2, -0.15) is 18.3 Å². The molecule has 0 aliphatic rings. The maximum absolute atomic E-state index is 12.7. The van der Waals surface area contributed by atoms with Crippen molar-refractivity contribution in [3.8, 4) is 0 Å². The average molecular weight is 340 g/mol. The largest absolute Gasteiger partial charge is 0.416 e. The van der Waals surface area contributed by atoms with Gasteiger partial charge in [-0.25, -0.2) is 4.79 Å². The molecule has 0 aliphatic carbocycles. The molecule has 0 spiro atoms. The number of carbonyl (C=O) groups is 1. The summed E-state index contributed by atoms with van der Waals surface area (Å²) in [6, 6.07) is 3.59. The van der Waals surface area contributed by atoms with Crippen LogP contribution >= 0.6 is 0 Å². The normalized spacial score (nSPS) is 12.8. The Balaban J connectivity index is 2.04. The van der Waals surface area contributed by atoms with Gasteiger partial charge in [0.25, 0.3) is 0 Å². The summed E-state index contributed by atoms with van der Waals surface area (Å²) in [4.78, 5) is 12.0. The summed E-state index contributed by atoms with van der Waals surface area (Å²) in [5.41, 5.74) is 1.06. The fourth-order valence-corrected chi connectivity index (χ4v) is 2.42. The number of hydrogen-bond acceptors (Lipinski definition) is 2. The van der Waals surface area contributed by atoms with Crippen LogP contribution in [0.4, 0.5) is 23.7 Å². The molecule has 1 atom stereocenters. The molecule has 24 heavy (non-hydrogen) atoms. The van der Waals surface area contributed by atoms with Crippen molar-refractivity contribution in [2.24, 2.45) is 0 Å². The molecule has 2 amide bonds. The summed E-state index contributed by atoms with van der Waals surface area (Å²) < 4.78 is 39.8. The molecule has 5 nitrogen and oxygen atoms in total. The fraction of sp³-hybridized carbons (Fsp3) is 0.375. The van der Waals surface area contributed by atoms with Crippen molar-refractivity contribution in [1.82, 2.24) is 15.1 Å². The molecule has 2 rings (SSSR count). The molecular weight excluding hydrogens is 321 g/mol. The van der Waals surface area contributed by atoms with Crippen molar-refractivity contribution in [3.63, 3.8) is 0 Å². The second-order valence-corrected chi connectivity index (χ2v) is 5.40. The molecule has 0 aliphatic heterocycles. The van der Waals surface area contributed by atoms with Crippen molar-refractivity contribution in [2.45, 2.75) is 39.5 Å². The molecule has 1 aromatic carbocycles. The standard InChI is InChI=1S/C16H19F3N4O/c1-4-23-11(3)14(9-20-23)10(2)21-15(24)22-13-7-5-6-12(8-13)16(17,18)19/h5-10H,4H2,1-3H3,(H2,21,22,24). The van der Waals surface area contributed by atoms with Crippen LogP contribution in [-0.4, -0.2) is 15.8 Å². The van der Waals surface area contributed by atoms with Crippen LogP contribution in [0.25, 0.3) is 0 Å². The van der Waals surface area contributed by atoms with Crippen LogP contribution in [0.2, 0.25) is 0 Å². The number of benzene rings is 1. The summed E-state index contributed by atoms with van der Waals surface area (Å²) >= 11 is 0. The zero-order valence-electron chi connectivity index (χ0n) is 13.6. The Bertz CT molecular complexity index is 724. The molecule has 0 radical (unpaired) electrons. The number of rotatable bonds is 4. The van der Waals surface area contributed by atoms with Crippen LogP contribution in [0.5, 0.6) is 0 Å². The summed E-state index contributed by atoms with van der Waals surface area (Å²) in [6.07, 6.45) is -2.78. The minimum Gasteiger partial charge on any atom is -0.331 e. The lowest BCUT2D eigenvalue weighted by Gasteiger charge is -2.15. The van der Waals surface area contributed by atoms with Crippen molar-refractivity contribution < 1.29 is 18.0 Å². The zero-order chi connectivity index (χ0) is 17.9. The average Bonchev–Trinajstić information content (AvgIpc) is 2.87. The molecule has 0 saturated heterocycles. The topological polar surface area (TPSA) is 59.0 Å². The Morgan fingerprint density at radius 2 is 2.08 bits per heavy atom. The minimum absolute atomic E-state index is 0.0792. The third kappa shape index (κ3) is 4.06. The van der Waals surface area contributed by atoms with E-state index in [1.54, 1.807) is 17.8 Å². The van der Waals surface area contributed by atoms with Crippen LogP contribution in [-0.2, 0) is 12.7 Å². The Labute approximate surface area is 137 Å². The van der Waals surface area contributed by atoms with E-state index < -0.39 is 17.8 Å². The Kier molecular flexibility index (Phi) is 5.16. The van der Waals surface area contributed by atoms with Crippen molar-refractivity contribution >= 4 is 11.7 Å². The summed E-state index contributed by atoms with van der Waals surface area (Å²) in [5, 5.41) is 9.32. The summed E-state index contributed by atoms with van der Waals surface area (Å²) in [6.45, 7) is 6.36. The first-order valence-electron chi connectivity index (χ1n) is 7.49. The molecule has 2 N–H and O–H groups in total. The highest BCUT2D eigenvalue weighted by atomic mass is 19.4. The second-order valence-electron chi connectivity index (χ2n) is 5.40. The first-order chi connectivity index (χ1) is 11.2. The molecule has 1 aromatic heterocycles. The lowest BCUT2D eigenvalue weighted by atomic mass is 10.1. The van der Waals surface area contributed by atoms with Crippen LogP contribution in [0.3, 0.4) is 0 Å². The van der Waals surface area contributed by atoms with Gasteiger partial charge in [-0.15, -0.1) is 0 Å². The monoisotopic (exact) mass is 340 g/mol. The predicted octanol–water partition coefficient (Wildman–Crippen LogP) is 4.11. The number of anilines is 1. The number of halogens is 3. The zero-order valence-corrected chi connectivity index (χ0v) is 13.6. The van der Waals surface area contributed by atoms with E-state index in [1.807, 2.05) is 13.8 Å². The molecule has 2 aromatic rings. The smallest absolute Gasteiger partial charge is 0.331 e. The summed E-state index contributed by atoms with van der Waals surface area (Å²) in [5.74, 6) is 0. The van der Waals surface area contributed by atoms with Gasteiger partial charge in [0, 0.05) is 23.5 Å². The maximum atomic E-state index is 12.7. The number of alkyl halides is 3. The molecule has 8 heteroatoms. The molecular formula is C16H19F3N4O. The van der Waals surface area contributed by atoms with E-state index in [1.165, 1.54) is 12.1 Å². The van der Waals surface area contributed by atoms with Crippen LogP contribution < -0.4 is 10.6 Å². The van der Waals surface area contributed by atoms with E-state index >= 15 is 0 Å². The minimum atomic E-state index is -4.45. The SMILES string of the molecule is CCn1ncc(C(C)NC(=O)Nc2cccc(C(F)(F)F)c2)c1C. The van der Waals surface area contributed by atoms with Gasteiger partial charge >= 0.3 is 12.2 Å². The lowest BCUT2D eigenvalue weighted by molar-refractivity contribution is -0.137. The number of nitrogens with zero attached hydrogens (tertiary/aromatic N) is 2. The molecule has 0 fully saturated rings. The molecule has 1 heterocycles. The van der Waals surface area contributed by atoms with Crippen LogP contribution in [0, 0.1) is 6.92 Å². The Morgan fingerprint density at radius 3 is 2.67 bits per heavy atom. The predicted molar refractivity (Wildman–Crippen MR) is 84.7 cm³/mol. The van der Waals surface area contributed by atoms with E-state index in [2.05, 4.69) is 15.7 Å². The van der Waals surface area contributed by atoms with E-state index in [0.29, 0.717) is 0 Å². The van der Waals surface area contributed by atoms with Gasteiger partial charge in [0.1, 0.15) is 0 Å². The van der Waals surface area contributed by atoms with Crippen molar-refractivity contribution in [3.05, 3.63) is 47.3 Å². The first kappa shape index (κ1) is 17.8. The van der Waals surface area contributed by atoms with E-state index in [9.17, 15) is 18.0 Å². The molecule has 1 unspecified atom stereocenters. The highest BCUT2D eigenvalue weighted by Gasteiger charge is 2.30. The van der Waals surface area contributed by atoms with Gasteiger partial charge in [-0.05, 0) is 39.0 Å². The van der Waals surface area contributed by atoms with E-state index in [4.69, 9.17) is 0 Å². The second kappa shape index (κ2) is 6.94.